The molecule has 174 valence electrons. The molecular formula is C25H29N3O3S2. The Morgan fingerprint density at radius 1 is 1.18 bits per heavy atom. The highest BCUT2D eigenvalue weighted by Crippen LogP contribution is 2.37. The van der Waals surface area contributed by atoms with E-state index in [9.17, 15) is 9.59 Å². The van der Waals surface area contributed by atoms with Crippen molar-refractivity contribution in [2.24, 2.45) is 13.0 Å². The van der Waals surface area contributed by atoms with Crippen molar-refractivity contribution in [3.63, 3.8) is 0 Å². The van der Waals surface area contributed by atoms with Gasteiger partial charge in [0.1, 0.15) is 4.32 Å². The molecule has 0 saturated carbocycles. The molecule has 1 amide bonds. The number of pyridine rings is 1. The Morgan fingerprint density at radius 3 is 2.67 bits per heavy atom. The smallest absolute Gasteiger partial charge is 0.266 e. The number of aromatic nitrogens is 1. The topological polar surface area (TPSA) is 54.8 Å². The lowest BCUT2D eigenvalue weighted by Crippen LogP contribution is -2.36. The first-order valence-electron chi connectivity index (χ1n) is 11.7. The number of hydrogen-bond acceptors (Lipinski definition) is 6. The maximum absolute atomic E-state index is 13.6. The summed E-state index contributed by atoms with van der Waals surface area (Å²) in [4.78, 5) is 31.3. The van der Waals surface area contributed by atoms with Crippen molar-refractivity contribution >= 4 is 56.9 Å². The quantitative estimate of drug-likeness (QED) is 0.481. The first kappa shape index (κ1) is 22.6. The molecule has 3 aliphatic heterocycles. The van der Waals surface area contributed by atoms with Crippen LogP contribution in [-0.2, 0) is 16.6 Å². The summed E-state index contributed by atoms with van der Waals surface area (Å²) in [5, 5.41) is 1.04. The van der Waals surface area contributed by atoms with Crippen molar-refractivity contribution in [3.8, 4) is 0 Å². The third-order valence-electron chi connectivity index (χ3n) is 6.97. The summed E-state index contributed by atoms with van der Waals surface area (Å²) < 4.78 is 7.93. The summed E-state index contributed by atoms with van der Waals surface area (Å²) >= 11 is 6.81. The molecule has 8 heteroatoms. The Kier molecular flexibility index (Phi) is 6.33. The van der Waals surface area contributed by atoms with Crippen LogP contribution in [0.1, 0.15) is 38.2 Å². The van der Waals surface area contributed by atoms with Crippen LogP contribution >= 0.6 is 24.0 Å². The molecule has 0 radical (unpaired) electrons. The fourth-order valence-corrected chi connectivity index (χ4v) is 6.24. The molecule has 3 saturated heterocycles. The fraction of sp³-hybridized carbons (Fsp3) is 0.480. The highest BCUT2D eigenvalue weighted by atomic mass is 32.2. The highest BCUT2D eigenvalue weighted by Gasteiger charge is 2.35. The van der Waals surface area contributed by atoms with E-state index in [1.54, 1.807) is 22.6 Å². The molecule has 4 heterocycles. The zero-order valence-corrected chi connectivity index (χ0v) is 20.7. The molecule has 1 aromatic heterocycles. The number of benzene rings is 1. The summed E-state index contributed by atoms with van der Waals surface area (Å²) in [7, 11) is 1.80. The number of fused-ring (bicyclic) bond motifs is 1. The van der Waals surface area contributed by atoms with Gasteiger partial charge in [-0.05, 0) is 43.7 Å². The number of anilines is 1. The third-order valence-corrected chi connectivity index (χ3v) is 8.35. The normalized spacial score (nSPS) is 23.5. The number of carbonyl (C=O) groups excluding carboxylic acids is 1. The van der Waals surface area contributed by atoms with E-state index >= 15 is 0 Å². The summed E-state index contributed by atoms with van der Waals surface area (Å²) in [5.41, 5.74) is 2.32. The van der Waals surface area contributed by atoms with Crippen LogP contribution in [0.15, 0.2) is 34.0 Å². The van der Waals surface area contributed by atoms with Gasteiger partial charge in [0.05, 0.1) is 34.3 Å². The number of aryl methyl sites for hydroxylation is 1. The number of thiocarbonyl (C=S) groups is 1. The fourth-order valence-electron chi connectivity index (χ4n) is 4.99. The molecule has 5 rings (SSSR count). The number of hydrogen-bond donors (Lipinski definition) is 0. The van der Waals surface area contributed by atoms with Crippen molar-refractivity contribution in [2.45, 2.75) is 38.7 Å². The first-order chi connectivity index (χ1) is 15.9. The second kappa shape index (κ2) is 9.24. The lowest BCUT2D eigenvalue weighted by atomic mass is 9.97. The molecule has 0 N–H and O–H groups in total. The van der Waals surface area contributed by atoms with Crippen LogP contribution in [0, 0.1) is 5.92 Å². The number of rotatable bonds is 4. The first-order valence-corrected chi connectivity index (χ1v) is 12.9. The van der Waals surface area contributed by atoms with Crippen molar-refractivity contribution in [1.82, 2.24) is 9.47 Å². The molecule has 1 atom stereocenters. The predicted octanol–water partition coefficient (Wildman–Crippen LogP) is 4.16. The molecule has 6 nitrogen and oxygen atoms in total. The van der Waals surface area contributed by atoms with Crippen LogP contribution in [-0.4, -0.2) is 52.0 Å². The minimum Gasteiger partial charge on any atom is -0.376 e. The second-order valence-electron chi connectivity index (χ2n) is 9.24. The van der Waals surface area contributed by atoms with Gasteiger partial charge in [-0.3, -0.25) is 14.5 Å². The number of para-hydroxylation sites is 1. The van der Waals surface area contributed by atoms with Crippen LogP contribution in [0.2, 0.25) is 0 Å². The average molecular weight is 484 g/mol. The largest absolute Gasteiger partial charge is 0.376 e. The Hall–Kier alpha value is -2.16. The average Bonchev–Trinajstić information content (AvgIpc) is 3.42. The molecule has 0 aliphatic carbocycles. The summed E-state index contributed by atoms with van der Waals surface area (Å²) in [6.07, 6.45) is 5.95. The zero-order chi connectivity index (χ0) is 23.1. The van der Waals surface area contributed by atoms with Crippen LogP contribution in [0.4, 0.5) is 5.69 Å². The van der Waals surface area contributed by atoms with Gasteiger partial charge >= 0.3 is 0 Å². The van der Waals surface area contributed by atoms with Crippen molar-refractivity contribution in [1.29, 1.82) is 0 Å². The van der Waals surface area contributed by atoms with Gasteiger partial charge < -0.3 is 14.2 Å². The minimum absolute atomic E-state index is 0.0336. The third kappa shape index (κ3) is 4.24. The van der Waals surface area contributed by atoms with Crippen LogP contribution in [0.25, 0.3) is 17.0 Å². The molecule has 3 fully saturated rings. The van der Waals surface area contributed by atoms with Gasteiger partial charge in [0.2, 0.25) is 0 Å². The van der Waals surface area contributed by atoms with E-state index in [4.69, 9.17) is 17.0 Å². The van der Waals surface area contributed by atoms with Crippen LogP contribution < -0.4 is 10.5 Å². The van der Waals surface area contributed by atoms with E-state index in [-0.39, 0.29) is 17.6 Å². The van der Waals surface area contributed by atoms with Crippen LogP contribution in [0.5, 0.6) is 0 Å². The van der Waals surface area contributed by atoms with Gasteiger partial charge in [-0.15, -0.1) is 0 Å². The van der Waals surface area contributed by atoms with E-state index in [1.165, 1.54) is 11.8 Å². The number of piperidine rings is 1. The zero-order valence-electron chi connectivity index (χ0n) is 19.1. The number of thioether (sulfide) groups is 1. The molecule has 1 unspecified atom stereocenters. The monoisotopic (exact) mass is 483 g/mol. The predicted molar refractivity (Wildman–Crippen MR) is 139 cm³/mol. The molecule has 0 bridgehead atoms. The summed E-state index contributed by atoms with van der Waals surface area (Å²) in [6.45, 7) is 5.30. The van der Waals surface area contributed by atoms with Crippen LogP contribution in [0.3, 0.4) is 0 Å². The lowest BCUT2D eigenvalue weighted by Gasteiger charge is -2.34. The second-order valence-corrected chi connectivity index (χ2v) is 10.9. The van der Waals surface area contributed by atoms with Crippen molar-refractivity contribution in [3.05, 3.63) is 45.1 Å². The standard InChI is InChI=1S/C25H29N3O3S2/c1-16-9-11-27(12-10-16)22-18-7-3-4-8-20(18)26(2)23(29)19(22)14-21-24(30)28(25(32)33-21)15-17-6-5-13-31-17/h3-4,7-8,14,16-17H,5-6,9-13,15H2,1-2H3. The van der Waals surface area contributed by atoms with E-state index < -0.39 is 0 Å². The Bertz CT molecular complexity index is 1190. The Balaban J connectivity index is 1.59. The number of carbonyl (C=O) groups is 1. The van der Waals surface area contributed by atoms with Gasteiger partial charge in [-0.25, -0.2) is 0 Å². The summed E-state index contributed by atoms with van der Waals surface area (Å²) in [5.74, 6) is 0.547. The summed E-state index contributed by atoms with van der Waals surface area (Å²) in [6, 6.07) is 8.02. The Labute approximate surface area is 203 Å². The number of nitrogens with zero attached hydrogens (tertiary/aromatic N) is 3. The lowest BCUT2D eigenvalue weighted by molar-refractivity contribution is -0.123. The number of amides is 1. The minimum atomic E-state index is -0.131. The SMILES string of the molecule is CC1CCN(c2c(C=C3SC(=S)N(CC4CCCO4)C3=O)c(=O)n(C)c3ccccc23)CC1. The van der Waals surface area contributed by atoms with Crippen molar-refractivity contribution in [2.75, 3.05) is 31.1 Å². The van der Waals surface area contributed by atoms with E-state index in [2.05, 4.69) is 17.9 Å². The van der Waals surface area contributed by atoms with E-state index in [1.807, 2.05) is 18.2 Å². The van der Waals surface area contributed by atoms with Gasteiger partial charge in [0, 0.05) is 32.1 Å². The van der Waals surface area contributed by atoms with E-state index in [0.29, 0.717) is 27.3 Å². The molecule has 2 aromatic rings. The van der Waals surface area contributed by atoms with Gasteiger partial charge in [-0.1, -0.05) is 49.1 Å². The maximum atomic E-state index is 13.6. The Morgan fingerprint density at radius 2 is 1.94 bits per heavy atom. The van der Waals surface area contributed by atoms with E-state index in [0.717, 1.165) is 62.0 Å². The molecule has 0 spiro atoms. The highest BCUT2D eigenvalue weighted by molar-refractivity contribution is 8.26. The molecule has 33 heavy (non-hydrogen) atoms. The molecule has 3 aliphatic rings. The van der Waals surface area contributed by atoms with Gasteiger partial charge in [-0.2, -0.15) is 0 Å². The molecule has 1 aromatic carbocycles. The number of ether oxygens (including phenoxy) is 1. The van der Waals surface area contributed by atoms with Crippen molar-refractivity contribution < 1.29 is 9.53 Å². The van der Waals surface area contributed by atoms with Gasteiger partial charge in [0.25, 0.3) is 11.5 Å². The van der Waals surface area contributed by atoms with Gasteiger partial charge in [0.15, 0.2) is 0 Å². The maximum Gasteiger partial charge on any atom is 0.266 e. The molecular weight excluding hydrogens is 454 g/mol.